The van der Waals surface area contributed by atoms with Gasteiger partial charge in [-0.15, -0.1) is 5.10 Å². The lowest BCUT2D eigenvalue weighted by molar-refractivity contribution is 0.102. The molecule has 7 heteroatoms. The number of amides is 1. The Kier molecular flexibility index (Phi) is 5.10. The number of hydrogen-bond donors (Lipinski definition) is 2. The molecule has 1 aliphatic heterocycles. The van der Waals surface area contributed by atoms with E-state index >= 15 is 0 Å². The molecule has 7 nitrogen and oxygen atoms in total. The number of benzene rings is 1. The number of anilines is 1. The van der Waals surface area contributed by atoms with Crippen LogP contribution < -0.4 is 15.4 Å². The van der Waals surface area contributed by atoms with Gasteiger partial charge >= 0.3 is 0 Å². The lowest BCUT2D eigenvalue weighted by Crippen LogP contribution is -2.30. The molecule has 1 amide bonds. The third kappa shape index (κ3) is 3.56. The summed E-state index contributed by atoms with van der Waals surface area (Å²) in [5.41, 5.74) is 1.86. The van der Waals surface area contributed by atoms with Crippen LogP contribution >= 0.6 is 0 Å². The first-order chi connectivity index (χ1) is 11.7. The van der Waals surface area contributed by atoms with Gasteiger partial charge in [-0.1, -0.05) is 11.3 Å². The molecule has 24 heavy (non-hydrogen) atoms. The summed E-state index contributed by atoms with van der Waals surface area (Å²) < 4.78 is 7.33. The zero-order valence-corrected chi connectivity index (χ0v) is 14.1. The fourth-order valence-corrected chi connectivity index (χ4v) is 2.97. The monoisotopic (exact) mass is 329 g/mol. The van der Waals surface area contributed by atoms with Crippen molar-refractivity contribution < 1.29 is 9.53 Å². The second-order valence-corrected chi connectivity index (χ2v) is 5.86. The molecular formula is C17H23N5O2. The number of piperidine rings is 1. The van der Waals surface area contributed by atoms with E-state index in [-0.39, 0.29) is 5.91 Å². The van der Waals surface area contributed by atoms with Crippen molar-refractivity contribution in [1.29, 1.82) is 0 Å². The van der Waals surface area contributed by atoms with Crippen LogP contribution in [0.2, 0.25) is 0 Å². The molecule has 0 bridgehead atoms. The Hall–Kier alpha value is -2.41. The Morgan fingerprint density at radius 2 is 2.21 bits per heavy atom. The van der Waals surface area contributed by atoms with E-state index in [0.29, 0.717) is 24.0 Å². The fraction of sp³-hybridized carbons (Fsp3) is 0.471. The van der Waals surface area contributed by atoms with Gasteiger partial charge in [0.25, 0.3) is 5.91 Å². The van der Waals surface area contributed by atoms with Crippen molar-refractivity contribution in [3.8, 4) is 5.75 Å². The van der Waals surface area contributed by atoms with Gasteiger partial charge in [-0.3, -0.25) is 4.79 Å². The summed E-state index contributed by atoms with van der Waals surface area (Å²) in [6, 6.07) is 7.64. The second-order valence-electron chi connectivity index (χ2n) is 5.86. The van der Waals surface area contributed by atoms with Gasteiger partial charge in [-0.2, -0.15) is 0 Å². The summed E-state index contributed by atoms with van der Waals surface area (Å²) in [6.45, 7) is 6.34. The Morgan fingerprint density at radius 3 is 2.96 bits per heavy atom. The first kappa shape index (κ1) is 16.4. The second kappa shape index (κ2) is 7.44. The molecule has 128 valence electrons. The van der Waals surface area contributed by atoms with Crippen LogP contribution in [0, 0.1) is 6.92 Å². The number of carbonyl (C=O) groups is 1. The average molecular weight is 329 g/mol. The summed E-state index contributed by atoms with van der Waals surface area (Å²) >= 11 is 0. The summed E-state index contributed by atoms with van der Waals surface area (Å²) in [4.78, 5) is 12.5. The Labute approximate surface area is 141 Å². The minimum Gasteiger partial charge on any atom is -0.494 e. The minimum absolute atomic E-state index is 0.249. The zero-order chi connectivity index (χ0) is 16.9. The summed E-state index contributed by atoms with van der Waals surface area (Å²) in [6.07, 6.45) is 2.00. The van der Waals surface area contributed by atoms with E-state index < -0.39 is 0 Å². The molecule has 1 aromatic heterocycles. The van der Waals surface area contributed by atoms with Crippen LogP contribution in [0.15, 0.2) is 24.3 Å². The Balaban J connectivity index is 1.73. The summed E-state index contributed by atoms with van der Waals surface area (Å²) in [5, 5.41) is 14.5. The molecule has 1 saturated heterocycles. The number of rotatable bonds is 5. The van der Waals surface area contributed by atoms with Gasteiger partial charge in [0, 0.05) is 11.8 Å². The molecule has 0 unspecified atom stereocenters. The van der Waals surface area contributed by atoms with Crippen LogP contribution in [0.4, 0.5) is 5.69 Å². The number of hydrogen-bond acceptors (Lipinski definition) is 5. The first-order valence-electron chi connectivity index (χ1n) is 8.35. The zero-order valence-electron chi connectivity index (χ0n) is 14.1. The smallest absolute Gasteiger partial charge is 0.278 e. The predicted octanol–water partition coefficient (Wildman–Crippen LogP) is 2.16. The van der Waals surface area contributed by atoms with Crippen molar-refractivity contribution in [2.75, 3.05) is 25.0 Å². The molecule has 1 aromatic carbocycles. The quantitative estimate of drug-likeness (QED) is 0.878. The molecule has 0 radical (unpaired) electrons. The SMILES string of the molecule is CCOc1cccc(NC(=O)c2nnn(C3CCNCC3)c2C)c1. The van der Waals surface area contributed by atoms with Gasteiger partial charge in [0.15, 0.2) is 5.69 Å². The molecule has 2 N–H and O–H groups in total. The fourth-order valence-electron chi connectivity index (χ4n) is 2.97. The van der Waals surface area contributed by atoms with E-state index in [1.807, 2.05) is 36.7 Å². The van der Waals surface area contributed by atoms with Gasteiger partial charge in [0.05, 0.1) is 18.3 Å². The number of aromatic nitrogens is 3. The number of nitrogens with zero attached hydrogens (tertiary/aromatic N) is 3. The van der Waals surface area contributed by atoms with Crippen LogP contribution in [-0.4, -0.2) is 40.6 Å². The van der Waals surface area contributed by atoms with Gasteiger partial charge in [0.2, 0.25) is 0 Å². The van der Waals surface area contributed by atoms with Crippen molar-refractivity contribution >= 4 is 11.6 Å². The molecule has 3 rings (SSSR count). The van der Waals surface area contributed by atoms with Gasteiger partial charge in [0.1, 0.15) is 5.75 Å². The molecule has 0 aliphatic carbocycles. The van der Waals surface area contributed by atoms with Crippen molar-refractivity contribution in [2.24, 2.45) is 0 Å². The highest BCUT2D eigenvalue weighted by molar-refractivity contribution is 6.03. The Morgan fingerprint density at radius 1 is 1.42 bits per heavy atom. The van der Waals surface area contributed by atoms with Gasteiger partial charge < -0.3 is 15.4 Å². The lowest BCUT2D eigenvalue weighted by atomic mass is 10.1. The maximum absolute atomic E-state index is 12.5. The normalized spacial score (nSPS) is 15.2. The third-order valence-electron chi connectivity index (χ3n) is 4.20. The third-order valence-corrected chi connectivity index (χ3v) is 4.20. The minimum atomic E-state index is -0.249. The molecule has 1 fully saturated rings. The largest absolute Gasteiger partial charge is 0.494 e. The topological polar surface area (TPSA) is 81.1 Å². The van der Waals surface area contributed by atoms with Gasteiger partial charge in [-0.05, 0) is 51.9 Å². The molecule has 2 aromatic rings. The van der Waals surface area contributed by atoms with E-state index in [9.17, 15) is 4.79 Å². The number of carbonyl (C=O) groups excluding carboxylic acids is 1. The van der Waals surface area contributed by atoms with Crippen LogP contribution in [-0.2, 0) is 0 Å². The number of ether oxygens (including phenoxy) is 1. The van der Waals surface area contributed by atoms with E-state index in [4.69, 9.17) is 4.74 Å². The highest BCUT2D eigenvalue weighted by Crippen LogP contribution is 2.22. The summed E-state index contributed by atoms with van der Waals surface area (Å²) in [7, 11) is 0. The highest BCUT2D eigenvalue weighted by Gasteiger charge is 2.22. The maximum Gasteiger partial charge on any atom is 0.278 e. The number of nitrogens with one attached hydrogen (secondary N) is 2. The van der Waals surface area contributed by atoms with Crippen molar-refractivity contribution in [1.82, 2.24) is 20.3 Å². The molecule has 1 aliphatic rings. The predicted molar refractivity (Wildman–Crippen MR) is 91.5 cm³/mol. The average Bonchev–Trinajstić information content (AvgIpc) is 2.98. The summed E-state index contributed by atoms with van der Waals surface area (Å²) in [5.74, 6) is 0.478. The van der Waals surface area contributed by atoms with E-state index in [1.54, 1.807) is 6.07 Å². The maximum atomic E-state index is 12.5. The van der Waals surface area contributed by atoms with Crippen LogP contribution in [0.5, 0.6) is 5.75 Å². The highest BCUT2D eigenvalue weighted by atomic mass is 16.5. The Bertz CT molecular complexity index is 707. The molecule has 0 saturated carbocycles. The van der Waals surface area contributed by atoms with Crippen LogP contribution in [0.1, 0.15) is 42.0 Å². The van der Waals surface area contributed by atoms with E-state index in [2.05, 4.69) is 20.9 Å². The molecular weight excluding hydrogens is 306 g/mol. The van der Waals surface area contributed by atoms with Crippen LogP contribution in [0.3, 0.4) is 0 Å². The lowest BCUT2D eigenvalue weighted by Gasteiger charge is -2.23. The first-order valence-corrected chi connectivity index (χ1v) is 8.35. The molecule has 0 atom stereocenters. The molecule has 0 spiro atoms. The van der Waals surface area contributed by atoms with E-state index in [0.717, 1.165) is 37.4 Å². The van der Waals surface area contributed by atoms with Crippen LogP contribution in [0.25, 0.3) is 0 Å². The van der Waals surface area contributed by atoms with Crippen molar-refractivity contribution in [2.45, 2.75) is 32.7 Å². The van der Waals surface area contributed by atoms with Crippen molar-refractivity contribution in [3.63, 3.8) is 0 Å². The van der Waals surface area contributed by atoms with E-state index in [1.165, 1.54) is 0 Å². The molecule has 2 heterocycles. The van der Waals surface area contributed by atoms with Gasteiger partial charge in [-0.25, -0.2) is 4.68 Å². The van der Waals surface area contributed by atoms with Crippen molar-refractivity contribution in [3.05, 3.63) is 35.7 Å². The standard InChI is InChI=1S/C17H23N5O2/c1-3-24-15-6-4-5-13(11-15)19-17(23)16-12(2)22(21-20-16)14-7-9-18-10-8-14/h4-6,11,14,18H,3,7-10H2,1-2H3,(H,19,23).